The van der Waals surface area contributed by atoms with Gasteiger partial charge in [-0.3, -0.25) is 14.5 Å². The number of methoxy groups -OCH3 is 1. The zero-order valence-electron chi connectivity index (χ0n) is 25.6. The minimum absolute atomic E-state index is 0.0164. The van der Waals surface area contributed by atoms with Crippen molar-refractivity contribution in [2.45, 2.75) is 62.3 Å². The van der Waals surface area contributed by atoms with E-state index >= 15 is 0 Å². The van der Waals surface area contributed by atoms with Crippen LogP contribution in [0.1, 0.15) is 54.5 Å². The zero-order valence-corrected chi connectivity index (χ0v) is 25.6. The Morgan fingerprint density at radius 2 is 1.82 bits per heavy atom. The molecule has 2 aliphatic heterocycles. The SMILES string of the molecule is COc1ccc2c3c1O[C@H]1[C@H](N(C)C(=O)C=Cc4ccccc4)CC[C@H]4[C@@H](C2)N(CC(OC(C)=O)c2ccccc2)CC[C@@]341. The summed E-state index contributed by atoms with van der Waals surface area (Å²) in [5.41, 5.74) is 4.41. The maximum atomic E-state index is 13.5. The van der Waals surface area contributed by atoms with Crippen molar-refractivity contribution in [1.82, 2.24) is 9.80 Å². The van der Waals surface area contributed by atoms with Crippen LogP contribution in [-0.4, -0.2) is 67.1 Å². The molecule has 2 bridgehead atoms. The number of rotatable bonds is 8. The van der Waals surface area contributed by atoms with Crippen LogP contribution >= 0.6 is 0 Å². The van der Waals surface area contributed by atoms with Crippen molar-refractivity contribution in [2.75, 3.05) is 27.2 Å². The summed E-state index contributed by atoms with van der Waals surface area (Å²) in [6.07, 6.45) is 6.75. The number of likely N-dealkylation sites (N-methyl/N-ethyl adjacent to an activating group) is 1. The Balaban J connectivity index is 1.22. The Hall–Kier alpha value is -4.10. The molecule has 3 aromatic carbocycles. The van der Waals surface area contributed by atoms with Crippen molar-refractivity contribution in [3.05, 3.63) is 101 Å². The van der Waals surface area contributed by atoms with Crippen LogP contribution in [0.4, 0.5) is 0 Å². The van der Waals surface area contributed by atoms with Gasteiger partial charge in [0, 0.05) is 43.6 Å². The Labute approximate surface area is 259 Å². The number of ether oxygens (including phenoxy) is 3. The van der Waals surface area contributed by atoms with Gasteiger partial charge in [0.15, 0.2) is 11.5 Å². The highest BCUT2D eigenvalue weighted by atomic mass is 16.5. The molecule has 4 aliphatic rings. The largest absolute Gasteiger partial charge is 0.493 e. The minimum atomic E-state index is -0.331. The molecule has 0 N–H and O–H groups in total. The number of piperidine rings is 1. The van der Waals surface area contributed by atoms with Crippen LogP contribution < -0.4 is 9.47 Å². The lowest BCUT2D eigenvalue weighted by Gasteiger charge is -2.60. The van der Waals surface area contributed by atoms with Crippen molar-refractivity contribution in [3.63, 3.8) is 0 Å². The fraction of sp³-hybridized carbons (Fsp3) is 0.405. The number of carbonyl (C=O) groups excluding carboxylic acids is 2. The van der Waals surface area contributed by atoms with Crippen LogP contribution in [0.25, 0.3) is 6.08 Å². The molecule has 6 atom stereocenters. The zero-order chi connectivity index (χ0) is 30.4. The van der Waals surface area contributed by atoms with Gasteiger partial charge >= 0.3 is 5.97 Å². The molecule has 1 saturated carbocycles. The topological polar surface area (TPSA) is 68.3 Å². The summed E-state index contributed by atoms with van der Waals surface area (Å²) >= 11 is 0. The van der Waals surface area contributed by atoms with E-state index in [4.69, 9.17) is 14.2 Å². The van der Waals surface area contributed by atoms with Crippen molar-refractivity contribution in [3.8, 4) is 11.5 Å². The van der Waals surface area contributed by atoms with Crippen LogP contribution in [-0.2, 0) is 26.2 Å². The third-order valence-corrected chi connectivity index (χ3v) is 10.5. The van der Waals surface area contributed by atoms with Crippen molar-refractivity contribution in [1.29, 1.82) is 0 Å². The second-order valence-electron chi connectivity index (χ2n) is 12.7. The monoisotopic (exact) mass is 592 g/mol. The third kappa shape index (κ3) is 4.69. The summed E-state index contributed by atoms with van der Waals surface area (Å²) in [4.78, 5) is 30.1. The van der Waals surface area contributed by atoms with Crippen molar-refractivity contribution >= 4 is 18.0 Å². The molecular formula is C37H40N2O5. The number of benzene rings is 3. The quantitative estimate of drug-likeness (QED) is 0.251. The molecule has 2 fully saturated rings. The first kappa shape index (κ1) is 28.7. The molecule has 1 spiro atoms. The maximum Gasteiger partial charge on any atom is 0.303 e. The van der Waals surface area contributed by atoms with Crippen LogP contribution in [0.5, 0.6) is 11.5 Å². The second-order valence-corrected chi connectivity index (χ2v) is 12.7. The first-order valence-electron chi connectivity index (χ1n) is 15.7. The van der Waals surface area contributed by atoms with Gasteiger partial charge in [-0.2, -0.15) is 0 Å². The van der Waals surface area contributed by atoms with E-state index < -0.39 is 0 Å². The Morgan fingerprint density at radius 3 is 2.55 bits per heavy atom. The van der Waals surface area contributed by atoms with E-state index in [1.54, 1.807) is 13.2 Å². The molecule has 44 heavy (non-hydrogen) atoms. The molecular weight excluding hydrogens is 552 g/mol. The van der Waals surface area contributed by atoms with Crippen molar-refractivity contribution < 1.29 is 23.8 Å². The van der Waals surface area contributed by atoms with E-state index in [0.29, 0.717) is 12.5 Å². The number of hydrogen-bond donors (Lipinski definition) is 0. The lowest BCUT2D eigenvalue weighted by molar-refractivity contribution is -0.150. The Bertz CT molecular complexity index is 1570. The first-order valence-corrected chi connectivity index (χ1v) is 15.7. The van der Waals surface area contributed by atoms with Gasteiger partial charge in [-0.15, -0.1) is 0 Å². The number of amides is 1. The summed E-state index contributed by atoms with van der Waals surface area (Å²) in [5.74, 6) is 1.70. The van der Waals surface area contributed by atoms with E-state index in [1.807, 2.05) is 84.8 Å². The number of esters is 1. The molecule has 7 heteroatoms. The van der Waals surface area contributed by atoms with E-state index in [1.165, 1.54) is 18.1 Å². The molecule has 0 aromatic heterocycles. The number of carbonyl (C=O) groups is 2. The summed E-state index contributed by atoms with van der Waals surface area (Å²) < 4.78 is 18.7. The average molecular weight is 593 g/mol. The van der Waals surface area contributed by atoms with Crippen LogP contribution in [0.2, 0.25) is 0 Å². The van der Waals surface area contributed by atoms with E-state index in [2.05, 4.69) is 11.0 Å². The molecule has 2 aliphatic carbocycles. The van der Waals surface area contributed by atoms with E-state index in [-0.39, 0.29) is 41.6 Å². The lowest BCUT2D eigenvalue weighted by atomic mass is 9.51. The van der Waals surface area contributed by atoms with Gasteiger partial charge in [-0.05, 0) is 67.0 Å². The minimum Gasteiger partial charge on any atom is -0.493 e. The smallest absolute Gasteiger partial charge is 0.303 e. The van der Waals surface area contributed by atoms with Crippen LogP contribution in [0.15, 0.2) is 78.9 Å². The van der Waals surface area contributed by atoms with Gasteiger partial charge in [0.25, 0.3) is 0 Å². The number of hydrogen-bond acceptors (Lipinski definition) is 6. The lowest BCUT2D eigenvalue weighted by Crippen LogP contribution is -2.69. The highest BCUT2D eigenvalue weighted by Crippen LogP contribution is 2.64. The van der Waals surface area contributed by atoms with Crippen molar-refractivity contribution in [2.24, 2.45) is 5.92 Å². The van der Waals surface area contributed by atoms with Gasteiger partial charge in [0.2, 0.25) is 5.91 Å². The number of likely N-dealkylation sites (tertiary alicyclic amines) is 1. The van der Waals surface area contributed by atoms with Gasteiger partial charge < -0.3 is 19.1 Å². The highest BCUT2D eigenvalue weighted by molar-refractivity contribution is 5.92. The van der Waals surface area contributed by atoms with Crippen LogP contribution in [0.3, 0.4) is 0 Å². The third-order valence-electron chi connectivity index (χ3n) is 10.5. The molecule has 3 aromatic rings. The molecule has 7 rings (SSSR count). The molecule has 0 radical (unpaired) electrons. The van der Waals surface area contributed by atoms with Gasteiger partial charge in [-0.25, -0.2) is 0 Å². The first-order chi connectivity index (χ1) is 21.4. The summed E-state index contributed by atoms with van der Waals surface area (Å²) in [5, 5.41) is 0. The fourth-order valence-corrected chi connectivity index (χ4v) is 8.68. The molecule has 1 saturated heterocycles. The Morgan fingerprint density at radius 1 is 1.07 bits per heavy atom. The van der Waals surface area contributed by atoms with Crippen LogP contribution in [0, 0.1) is 5.92 Å². The summed E-state index contributed by atoms with van der Waals surface area (Å²) in [6, 6.07) is 24.4. The number of nitrogens with zero attached hydrogens (tertiary/aromatic N) is 2. The predicted octanol–water partition coefficient (Wildman–Crippen LogP) is 5.58. The fourth-order valence-electron chi connectivity index (χ4n) is 8.68. The molecule has 1 unspecified atom stereocenters. The maximum absolute atomic E-state index is 13.5. The Kier molecular flexibility index (Phi) is 7.45. The summed E-state index contributed by atoms with van der Waals surface area (Å²) in [7, 11) is 3.62. The molecule has 2 heterocycles. The van der Waals surface area contributed by atoms with E-state index in [0.717, 1.165) is 54.9 Å². The molecule has 7 nitrogen and oxygen atoms in total. The van der Waals surface area contributed by atoms with Gasteiger partial charge in [0.05, 0.1) is 13.2 Å². The van der Waals surface area contributed by atoms with Gasteiger partial charge in [0.1, 0.15) is 12.2 Å². The van der Waals surface area contributed by atoms with E-state index in [9.17, 15) is 9.59 Å². The van der Waals surface area contributed by atoms with Gasteiger partial charge in [-0.1, -0.05) is 66.7 Å². The standard InChI is InChI=1S/C37H40N2O5/c1-24(40)43-32(26-12-8-5-9-13-26)23-39-21-20-37-28-16-17-29(38(2)33(41)19-14-25-10-6-4-7-11-25)36(37)44-35-31(42-3)18-15-27(34(35)37)22-30(28)39/h4-15,18-19,28-30,32,36H,16-17,20-23H2,1-3H3/t28-,29+,30+,32?,36-,37-/m0/s1. The average Bonchev–Trinajstić information content (AvgIpc) is 3.39. The summed E-state index contributed by atoms with van der Waals surface area (Å²) in [6.45, 7) is 3.00. The highest BCUT2D eigenvalue weighted by Gasteiger charge is 2.66. The predicted molar refractivity (Wildman–Crippen MR) is 168 cm³/mol. The second kappa shape index (κ2) is 11.4. The molecule has 228 valence electrons. The molecule has 1 amide bonds. The normalized spacial score (nSPS) is 27.2.